The molecule has 1 aliphatic rings. The fourth-order valence-electron chi connectivity index (χ4n) is 2.84. The van der Waals surface area contributed by atoms with Crippen molar-refractivity contribution in [3.63, 3.8) is 0 Å². The SMILES string of the molecule is C[C@@H](NC(=O)N1CCCC[C@@H]1c1cn[nH]c1)c1ccco1. The van der Waals surface area contributed by atoms with Gasteiger partial charge in [0, 0.05) is 18.3 Å². The number of furan rings is 1. The van der Waals surface area contributed by atoms with Crippen LogP contribution in [0.5, 0.6) is 0 Å². The first-order valence-corrected chi connectivity index (χ1v) is 7.35. The summed E-state index contributed by atoms with van der Waals surface area (Å²) in [5.74, 6) is 0.764. The van der Waals surface area contributed by atoms with E-state index in [4.69, 9.17) is 4.42 Å². The van der Waals surface area contributed by atoms with E-state index in [1.807, 2.05) is 30.2 Å². The molecule has 2 amide bonds. The number of urea groups is 1. The number of hydrogen-bond acceptors (Lipinski definition) is 3. The van der Waals surface area contributed by atoms with Gasteiger partial charge in [0.15, 0.2) is 0 Å². The van der Waals surface area contributed by atoms with Crippen LogP contribution in [0.3, 0.4) is 0 Å². The summed E-state index contributed by atoms with van der Waals surface area (Å²) in [6, 6.07) is 3.60. The summed E-state index contributed by atoms with van der Waals surface area (Å²) in [6.07, 6.45) is 8.43. The molecule has 2 aromatic rings. The van der Waals surface area contributed by atoms with E-state index in [9.17, 15) is 4.79 Å². The molecule has 3 rings (SSSR count). The van der Waals surface area contributed by atoms with Crippen LogP contribution in [0.4, 0.5) is 4.79 Å². The lowest BCUT2D eigenvalue weighted by Crippen LogP contribution is -2.45. The molecule has 0 spiro atoms. The van der Waals surface area contributed by atoms with Crippen LogP contribution in [0.1, 0.15) is 49.6 Å². The first-order valence-electron chi connectivity index (χ1n) is 7.35. The molecule has 0 aliphatic carbocycles. The average Bonchev–Trinajstić information content (AvgIpc) is 3.20. The molecular weight excluding hydrogens is 268 g/mol. The number of H-pyrrole nitrogens is 1. The number of nitrogens with one attached hydrogen (secondary N) is 2. The number of likely N-dealkylation sites (tertiary alicyclic amines) is 1. The highest BCUT2D eigenvalue weighted by atomic mass is 16.3. The summed E-state index contributed by atoms with van der Waals surface area (Å²) in [6.45, 7) is 2.69. The quantitative estimate of drug-likeness (QED) is 0.911. The first-order chi connectivity index (χ1) is 10.3. The predicted octanol–water partition coefficient (Wildman–Crippen LogP) is 3.00. The maximum atomic E-state index is 12.6. The maximum Gasteiger partial charge on any atom is 0.318 e. The molecule has 6 nitrogen and oxygen atoms in total. The Bertz CT molecular complexity index is 565. The number of nitrogens with zero attached hydrogens (tertiary/aromatic N) is 2. The fourth-order valence-corrected chi connectivity index (χ4v) is 2.84. The van der Waals surface area contributed by atoms with Crippen molar-refractivity contribution in [2.75, 3.05) is 6.54 Å². The van der Waals surface area contributed by atoms with Gasteiger partial charge in [-0.1, -0.05) is 0 Å². The summed E-state index contributed by atoms with van der Waals surface area (Å²) in [7, 11) is 0. The Labute approximate surface area is 123 Å². The van der Waals surface area contributed by atoms with Crippen molar-refractivity contribution in [3.05, 3.63) is 42.1 Å². The molecule has 2 N–H and O–H groups in total. The van der Waals surface area contributed by atoms with E-state index >= 15 is 0 Å². The molecule has 1 aliphatic heterocycles. The smallest absolute Gasteiger partial charge is 0.318 e. The van der Waals surface area contributed by atoms with Crippen LogP contribution >= 0.6 is 0 Å². The highest BCUT2D eigenvalue weighted by Gasteiger charge is 2.29. The van der Waals surface area contributed by atoms with Crippen molar-refractivity contribution < 1.29 is 9.21 Å². The molecule has 112 valence electrons. The summed E-state index contributed by atoms with van der Waals surface area (Å²) >= 11 is 0. The molecule has 1 saturated heterocycles. The van der Waals surface area contributed by atoms with Gasteiger partial charge in [0.25, 0.3) is 0 Å². The molecule has 21 heavy (non-hydrogen) atoms. The van der Waals surface area contributed by atoms with Gasteiger partial charge in [-0.2, -0.15) is 5.10 Å². The van der Waals surface area contributed by atoms with Gasteiger partial charge in [-0.05, 0) is 38.3 Å². The second-order valence-electron chi connectivity index (χ2n) is 5.42. The van der Waals surface area contributed by atoms with Crippen LogP contribution in [-0.4, -0.2) is 27.7 Å². The lowest BCUT2D eigenvalue weighted by atomic mass is 9.98. The number of hydrogen-bond donors (Lipinski definition) is 2. The minimum atomic E-state index is -0.139. The Hall–Kier alpha value is -2.24. The van der Waals surface area contributed by atoms with E-state index in [2.05, 4.69) is 15.5 Å². The number of aromatic nitrogens is 2. The Kier molecular flexibility index (Phi) is 3.94. The summed E-state index contributed by atoms with van der Waals surface area (Å²) < 4.78 is 5.33. The minimum absolute atomic E-state index is 0.0511. The second kappa shape index (κ2) is 6.03. The maximum absolute atomic E-state index is 12.6. The number of carbonyl (C=O) groups is 1. The number of amides is 2. The largest absolute Gasteiger partial charge is 0.467 e. The molecule has 0 radical (unpaired) electrons. The third-order valence-corrected chi connectivity index (χ3v) is 3.98. The topological polar surface area (TPSA) is 74.2 Å². The van der Waals surface area contributed by atoms with E-state index in [1.165, 1.54) is 0 Å². The van der Waals surface area contributed by atoms with Gasteiger partial charge in [0.1, 0.15) is 5.76 Å². The van der Waals surface area contributed by atoms with Gasteiger partial charge < -0.3 is 14.6 Å². The molecule has 2 atom stereocenters. The zero-order chi connectivity index (χ0) is 14.7. The third-order valence-electron chi connectivity index (χ3n) is 3.98. The van der Waals surface area contributed by atoms with Gasteiger partial charge in [-0.15, -0.1) is 0 Å². The molecule has 0 aromatic carbocycles. The summed E-state index contributed by atoms with van der Waals surface area (Å²) in [5.41, 5.74) is 1.07. The highest BCUT2D eigenvalue weighted by Crippen LogP contribution is 2.30. The van der Waals surface area contributed by atoms with Gasteiger partial charge in [-0.25, -0.2) is 4.79 Å². The Morgan fingerprint density at radius 1 is 1.57 bits per heavy atom. The number of piperidine rings is 1. The standard InChI is InChI=1S/C15H20N4O2/c1-11(14-6-4-8-21-14)18-15(20)19-7-3-2-5-13(19)12-9-16-17-10-12/h4,6,8-11,13H,2-3,5,7H2,1H3,(H,16,17)(H,18,20)/t11-,13-/m1/s1. The van der Waals surface area contributed by atoms with E-state index in [0.29, 0.717) is 0 Å². The van der Waals surface area contributed by atoms with Crippen LogP contribution in [0.15, 0.2) is 35.2 Å². The van der Waals surface area contributed by atoms with Gasteiger partial charge >= 0.3 is 6.03 Å². The molecule has 6 heteroatoms. The Morgan fingerprint density at radius 3 is 3.19 bits per heavy atom. The minimum Gasteiger partial charge on any atom is -0.467 e. The van der Waals surface area contributed by atoms with Crippen LogP contribution < -0.4 is 5.32 Å². The van der Waals surface area contributed by atoms with E-state index < -0.39 is 0 Å². The molecule has 0 bridgehead atoms. The Morgan fingerprint density at radius 2 is 2.48 bits per heavy atom. The normalized spacial score (nSPS) is 20.2. The van der Waals surface area contributed by atoms with E-state index in [0.717, 1.165) is 37.1 Å². The fraction of sp³-hybridized carbons (Fsp3) is 0.467. The average molecular weight is 288 g/mol. The summed E-state index contributed by atoms with van der Waals surface area (Å²) in [5, 5.41) is 9.83. The van der Waals surface area contributed by atoms with Gasteiger partial charge in [0.05, 0.1) is 24.5 Å². The second-order valence-corrected chi connectivity index (χ2v) is 5.42. The monoisotopic (exact) mass is 288 g/mol. The van der Waals surface area contributed by atoms with Crippen molar-refractivity contribution >= 4 is 6.03 Å². The van der Waals surface area contributed by atoms with Crippen molar-refractivity contribution in [1.82, 2.24) is 20.4 Å². The number of rotatable bonds is 3. The zero-order valence-corrected chi connectivity index (χ0v) is 12.1. The van der Waals surface area contributed by atoms with Gasteiger partial charge in [-0.3, -0.25) is 5.10 Å². The van der Waals surface area contributed by atoms with E-state index in [-0.39, 0.29) is 18.1 Å². The highest BCUT2D eigenvalue weighted by molar-refractivity contribution is 5.75. The molecule has 2 aromatic heterocycles. The van der Waals surface area contributed by atoms with E-state index in [1.54, 1.807) is 12.5 Å². The lowest BCUT2D eigenvalue weighted by molar-refractivity contribution is 0.148. The number of carbonyl (C=O) groups excluding carboxylic acids is 1. The number of aromatic amines is 1. The van der Waals surface area contributed by atoms with Crippen LogP contribution in [0, 0.1) is 0 Å². The summed E-state index contributed by atoms with van der Waals surface area (Å²) in [4.78, 5) is 14.4. The molecule has 3 heterocycles. The van der Waals surface area contributed by atoms with Crippen LogP contribution in [-0.2, 0) is 0 Å². The zero-order valence-electron chi connectivity index (χ0n) is 12.1. The lowest BCUT2D eigenvalue weighted by Gasteiger charge is -2.35. The first kappa shape index (κ1) is 13.7. The van der Waals surface area contributed by atoms with Crippen molar-refractivity contribution in [1.29, 1.82) is 0 Å². The molecule has 0 unspecified atom stereocenters. The van der Waals surface area contributed by atoms with Crippen molar-refractivity contribution in [2.45, 2.75) is 38.3 Å². The van der Waals surface area contributed by atoms with Crippen LogP contribution in [0.25, 0.3) is 0 Å². The van der Waals surface area contributed by atoms with Crippen molar-refractivity contribution in [3.8, 4) is 0 Å². The van der Waals surface area contributed by atoms with Crippen molar-refractivity contribution in [2.24, 2.45) is 0 Å². The molecule has 1 fully saturated rings. The molecular formula is C15H20N4O2. The van der Waals surface area contributed by atoms with Gasteiger partial charge in [0.2, 0.25) is 0 Å². The van der Waals surface area contributed by atoms with Crippen LogP contribution in [0.2, 0.25) is 0 Å². The predicted molar refractivity (Wildman–Crippen MR) is 77.5 cm³/mol. The molecule has 0 saturated carbocycles. The Balaban J connectivity index is 1.69. The third kappa shape index (κ3) is 2.94.